The summed E-state index contributed by atoms with van der Waals surface area (Å²) in [4.78, 5) is 16.2. The quantitative estimate of drug-likeness (QED) is 0.871. The van der Waals surface area contributed by atoms with Crippen molar-refractivity contribution < 1.29 is 9.90 Å². The van der Waals surface area contributed by atoms with Gasteiger partial charge < -0.3 is 10.1 Å². The van der Waals surface area contributed by atoms with Crippen LogP contribution in [0, 0.1) is 13.8 Å². The number of nitrogens with one attached hydrogen (secondary N) is 1. The highest BCUT2D eigenvalue weighted by Crippen LogP contribution is 2.26. The summed E-state index contributed by atoms with van der Waals surface area (Å²) in [6, 6.07) is 6.46. The van der Waals surface area contributed by atoms with Crippen LogP contribution in [0.5, 0.6) is 0 Å². The van der Waals surface area contributed by atoms with Crippen molar-refractivity contribution in [3.05, 3.63) is 53.1 Å². The third kappa shape index (κ3) is 4.25. The predicted octanol–water partition coefficient (Wildman–Crippen LogP) is 3.27. The summed E-state index contributed by atoms with van der Waals surface area (Å²) in [6.45, 7) is 7.62. The van der Waals surface area contributed by atoms with Crippen molar-refractivity contribution >= 4 is 5.97 Å². The Balaban J connectivity index is 0.000000399. The van der Waals surface area contributed by atoms with Crippen molar-refractivity contribution in [2.24, 2.45) is 0 Å². The molecule has 0 unspecified atom stereocenters. The number of aliphatic carboxylic acids is 1. The third-order valence-electron chi connectivity index (χ3n) is 3.10. The summed E-state index contributed by atoms with van der Waals surface area (Å²) < 4.78 is 0. The van der Waals surface area contributed by atoms with Gasteiger partial charge in [-0.3, -0.25) is 4.79 Å². The van der Waals surface area contributed by atoms with Crippen molar-refractivity contribution in [2.75, 3.05) is 0 Å². The van der Waals surface area contributed by atoms with E-state index in [0.29, 0.717) is 5.92 Å². The van der Waals surface area contributed by atoms with E-state index in [-0.39, 0.29) is 0 Å². The fourth-order valence-corrected chi connectivity index (χ4v) is 1.91. The zero-order valence-corrected chi connectivity index (χ0v) is 11.8. The van der Waals surface area contributed by atoms with Crippen LogP contribution in [0.3, 0.4) is 0 Å². The molecule has 1 atom stereocenters. The molecule has 2 rings (SSSR count). The van der Waals surface area contributed by atoms with E-state index in [0.717, 1.165) is 6.92 Å². The van der Waals surface area contributed by atoms with E-state index in [9.17, 15) is 0 Å². The molecule has 4 heteroatoms. The summed E-state index contributed by atoms with van der Waals surface area (Å²) >= 11 is 0. The zero-order chi connectivity index (χ0) is 14.4. The maximum atomic E-state index is 9.00. The summed E-state index contributed by atoms with van der Waals surface area (Å²) in [5.74, 6) is -0.451. The van der Waals surface area contributed by atoms with E-state index in [1.165, 1.54) is 22.4 Å². The van der Waals surface area contributed by atoms with Gasteiger partial charge in [-0.15, -0.1) is 0 Å². The summed E-state index contributed by atoms with van der Waals surface area (Å²) in [7, 11) is 0. The molecule has 0 aliphatic carbocycles. The largest absolute Gasteiger partial charge is 0.481 e. The van der Waals surface area contributed by atoms with Gasteiger partial charge in [-0.1, -0.05) is 25.1 Å². The van der Waals surface area contributed by atoms with Crippen LogP contribution < -0.4 is 0 Å². The molecule has 19 heavy (non-hydrogen) atoms. The van der Waals surface area contributed by atoms with Gasteiger partial charge in [0.15, 0.2) is 0 Å². The van der Waals surface area contributed by atoms with E-state index in [1.807, 2.05) is 6.20 Å². The minimum atomic E-state index is -0.833. The first kappa shape index (κ1) is 15.0. The molecule has 2 aromatic rings. The minimum absolute atomic E-state index is 0.382. The number of rotatable bonds is 2. The van der Waals surface area contributed by atoms with Gasteiger partial charge in [0.25, 0.3) is 5.97 Å². The van der Waals surface area contributed by atoms with Crippen LogP contribution in [0.1, 0.15) is 42.1 Å². The molecule has 0 spiro atoms. The maximum absolute atomic E-state index is 9.00. The number of carbonyl (C=O) groups is 1. The van der Waals surface area contributed by atoms with Gasteiger partial charge in [0, 0.05) is 24.7 Å². The average Bonchev–Trinajstić information content (AvgIpc) is 2.85. The number of nitrogens with zero attached hydrogens (tertiary/aromatic N) is 1. The van der Waals surface area contributed by atoms with Crippen LogP contribution in [-0.2, 0) is 4.79 Å². The molecule has 4 nitrogen and oxygen atoms in total. The summed E-state index contributed by atoms with van der Waals surface area (Å²) in [6.07, 6.45) is 3.63. The molecule has 1 heterocycles. The second kappa shape index (κ2) is 6.73. The van der Waals surface area contributed by atoms with E-state index < -0.39 is 5.97 Å². The van der Waals surface area contributed by atoms with Crippen molar-refractivity contribution in [1.29, 1.82) is 0 Å². The number of carboxylic acid groups (broad SMARTS) is 1. The van der Waals surface area contributed by atoms with Gasteiger partial charge in [-0.25, -0.2) is 4.98 Å². The fraction of sp³-hybridized carbons (Fsp3) is 0.333. The normalized spacial score (nSPS) is 11.4. The molecule has 1 aromatic heterocycles. The Morgan fingerprint density at radius 3 is 2.53 bits per heavy atom. The number of aromatic amines is 1. The zero-order valence-electron chi connectivity index (χ0n) is 11.8. The smallest absolute Gasteiger partial charge is 0.300 e. The SMILES string of the molecule is CC(=O)O.Cc1cccc([C@H](C)c2cnc[nH]2)c1C. The Hall–Kier alpha value is -2.10. The number of aromatic nitrogens is 2. The fourth-order valence-electron chi connectivity index (χ4n) is 1.91. The van der Waals surface area contributed by atoms with Gasteiger partial charge in [-0.2, -0.15) is 0 Å². The van der Waals surface area contributed by atoms with E-state index in [2.05, 4.69) is 48.9 Å². The molecule has 0 radical (unpaired) electrons. The van der Waals surface area contributed by atoms with Gasteiger partial charge in [0.1, 0.15) is 0 Å². The molecule has 0 fully saturated rings. The Bertz CT molecular complexity index is 529. The standard InChI is InChI=1S/C13H16N2.C2H4O2/c1-9-5-4-6-12(10(9)2)11(3)13-7-14-8-15-13;1-2(3)4/h4-8,11H,1-3H3,(H,14,15);1H3,(H,3,4)/t11-;/m0./s1. The first-order chi connectivity index (χ1) is 8.93. The second-order valence-electron chi connectivity index (χ2n) is 4.54. The Morgan fingerprint density at radius 2 is 2.00 bits per heavy atom. The Labute approximate surface area is 113 Å². The monoisotopic (exact) mass is 260 g/mol. The molecule has 102 valence electrons. The topological polar surface area (TPSA) is 66.0 Å². The summed E-state index contributed by atoms with van der Waals surface area (Å²) in [5.41, 5.74) is 5.27. The van der Waals surface area contributed by atoms with Crippen molar-refractivity contribution in [1.82, 2.24) is 9.97 Å². The minimum Gasteiger partial charge on any atom is -0.481 e. The lowest BCUT2D eigenvalue weighted by atomic mass is 9.92. The van der Waals surface area contributed by atoms with Crippen LogP contribution in [0.15, 0.2) is 30.7 Å². The van der Waals surface area contributed by atoms with Crippen LogP contribution in [0.25, 0.3) is 0 Å². The number of hydrogen-bond donors (Lipinski definition) is 2. The third-order valence-corrected chi connectivity index (χ3v) is 3.10. The Kier molecular flexibility index (Phi) is 5.30. The second-order valence-corrected chi connectivity index (χ2v) is 4.54. The lowest BCUT2D eigenvalue weighted by Crippen LogP contribution is -2.00. The molecular formula is C15H20N2O2. The van der Waals surface area contributed by atoms with Gasteiger partial charge >= 0.3 is 0 Å². The lowest BCUT2D eigenvalue weighted by Gasteiger charge is -2.14. The average molecular weight is 260 g/mol. The first-order valence-electron chi connectivity index (χ1n) is 6.17. The highest BCUT2D eigenvalue weighted by atomic mass is 16.4. The van der Waals surface area contributed by atoms with Crippen molar-refractivity contribution in [3.63, 3.8) is 0 Å². The number of H-pyrrole nitrogens is 1. The van der Waals surface area contributed by atoms with Crippen LogP contribution in [-0.4, -0.2) is 21.0 Å². The molecule has 0 bridgehead atoms. The van der Waals surface area contributed by atoms with E-state index in [1.54, 1.807) is 6.33 Å². The number of benzene rings is 1. The van der Waals surface area contributed by atoms with Crippen LogP contribution >= 0.6 is 0 Å². The number of carboxylic acids is 1. The van der Waals surface area contributed by atoms with E-state index in [4.69, 9.17) is 9.90 Å². The predicted molar refractivity (Wildman–Crippen MR) is 75.3 cm³/mol. The molecule has 0 aliphatic rings. The number of hydrogen-bond acceptors (Lipinski definition) is 2. The lowest BCUT2D eigenvalue weighted by molar-refractivity contribution is -0.134. The number of imidazole rings is 1. The van der Waals surface area contributed by atoms with Gasteiger partial charge in [0.05, 0.1) is 6.33 Å². The highest BCUT2D eigenvalue weighted by molar-refractivity contribution is 5.62. The first-order valence-corrected chi connectivity index (χ1v) is 6.17. The molecule has 2 N–H and O–H groups in total. The molecule has 0 saturated heterocycles. The summed E-state index contributed by atoms with van der Waals surface area (Å²) in [5, 5.41) is 7.42. The van der Waals surface area contributed by atoms with Crippen molar-refractivity contribution in [3.8, 4) is 0 Å². The maximum Gasteiger partial charge on any atom is 0.300 e. The molecule has 0 amide bonds. The van der Waals surface area contributed by atoms with Gasteiger partial charge in [0.2, 0.25) is 0 Å². The highest BCUT2D eigenvalue weighted by Gasteiger charge is 2.12. The molecular weight excluding hydrogens is 240 g/mol. The number of aryl methyl sites for hydroxylation is 1. The van der Waals surface area contributed by atoms with Gasteiger partial charge in [-0.05, 0) is 30.5 Å². The van der Waals surface area contributed by atoms with Crippen LogP contribution in [0.2, 0.25) is 0 Å². The Morgan fingerprint density at radius 1 is 1.37 bits per heavy atom. The van der Waals surface area contributed by atoms with Crippen LogP contribution in [0.4, 0.5) is 0 Å². The van der Waals surface area contributed by atoms with E-state index >= 15 is 0 Å². The molecule has 0 aliphatic heterocycles. The van der Waals surface area contributed by atoms with Crippen molar-refractivity contribution in [2.45, 2.75) is 33.6 Å². The molecule has 0 saturated carbocycles. The molecule has 1 aromatic carbocycles.